The molecule has 2 aromatic carbocycles. The molecule has 1 heterocycles. The monoisotopic (exact) mass is 455 g/mol. The SMILES string of the molecule is CC(=O)c1ccc(N2CCN(C(=O)COC(=O)CNC(=O)Cc3ccccc3)CC2)c(F)c1. The highest BCUT2D eigenvalue weighted by Gasteiger charge is 2.24. The lowest BCUT2D eigenvalue weighted by molar-refractivity contribution is -0.151. The first-order chi connectivity index (χ1) is 15.8. The fourth-order valence-corrected chi connectivity index (χ4v) is 3.48. The molecule has 0 aromatic heterocycles. The van der Waals surface area contributed by atoms with Gasteiger partial charge in [0.05, 0.1) is 12.1 Å². The number of carbonyl (C=O) groups excluding carboxylic acids is 4. The predicted molar refractivity (Wildman–Crippen MR) is 119 cm³/mol. The van der Waals surface area contributed by atoms with E-state index in [1.165, 1.54) is 13.0 Å². The molecule has 1 fully saturated rings. The number of anilines is 1. The number of esters is 1. The van der Waals surface area contributed by atoms with Crippen LogP contribution in [-0.2, 0) is 25.5 Å². The van der Waals surface area contributed by atoms with Crippen molar-refractivity contribution >= 4 is 29.3 Å². The molecule has 174 valence electrons. The van der Waals surface area contributed by atoms with Crippen molar-refractivity contribution in [1.29, 1.82) is 0 Å². The summed E-state index contributed by atoms with van der Waals surface area (Å²) in [6, 6.07) is 13.5. The summed E-state index contributed by atoms with van der Waals surface area (Å²) in [5.41, 5.74) is 1.51. The van der Waals surface area contributed by atoms with Gasteiger partial charge in [0.25, 0.3) is 5.91 Å². The van der Waals surface area contributed by atoms with E-state index in [1.807, 2.05) is 30.3 Å². The molecule has 0 saturated carbocycles. The van der Waals surface area contributed by atoms with E-state index in [0.29, 0.717) is 37.4 Å². The van der Waals surface area contributed by atoms with E-state index < -0.39 is 18.4 Å². The molecule has 0 spiro atoms. The van der Waals surface area contributed by atoms with E-state index in [1.54, 1.807) is 21.9 Å². The Labute approximate surface area is 191 Å². The molecule has 3 rings (SSSR count). The number of Topliss-reactive ketones (excluding diaryl/α,β-unsaturated/α-hetero) is 1. The van der Waals surface area contributed by atoms with Gasteiger partial charge in [-0.25, -0.2) is 4.39 Å². The molecule has 0 bridgehead atoms. The maximum Gasteiger partial charge on any atom is 0.325 e. The fourth-order valence-electron chi connectivity index (χ4n) is 3.48. The fraction of sp³-hybridized carbons (Fsp3) is 0.333. The standard InChI is InChI=1S/C24H26FN3O5/c1-17(29)19-7-8-21(20(25)14-19)27-9-11-28(12-10-27)23(31)16-33-24(32)15-26-22(30)13-18-5-3-2-4-6-18/h2-8,14H,9-13,15-16H2,1H3,(H,26,30). The molecule has 2 aromatic rings. The van der Waals surface area contributed by atoms with Gasteiger partial charge in [-0.15, -0.1) is 0 Å². The van der Waals surface area contributed by atoms with Gasteiger partial charge in [0, 0.05) is 31.7 Å². The average molecular weight is 455 g/mol. The van der Waals surface area contributed by atoms with Crippen molar-refractivity contribution in [2.45, 2.75) is 13.3 Å². The number of rotatable bonds is 8. The Morgan fingerprint density at radius 1 is 1.00 bits per heavy atom. The van der Waals surface area contributed by atoms with E-state index in [4.69, 9.17) is 4.74 Å². The van der Waals surface area contributed by atoms with Gasteiger partial charge in [0.1, 0.15) is 12.4 Å². The predicted octanol–water partition coefficient (Wildman–Crippen LogP) is 1.58. The molecule has 0 radical (unpaired) electrons. The molecule has 1 aliphatic rings. The van der Waals surface area contributed by atoms with E-state index in [0.717, 1.165) is 5.56 Å². The second-order valence-electron chi connectivity index (χ2n) is 7.69. The van der Waals surface area contributed by atoms with Crippen molar-refractivity contribution in [3.05, 3.63) is 65.5 Å². The van der Waals surface area contributed by atoms with Gasteiger partial charge in [-0.3, -0.25) is 19.2 Å². The summed E-state index contributed by atoms with van der Waals surface area (Å²) in [6.07, 6.45) is 0.148. The van der Waals surface area contributed by atoms with Crippen LogP contribution in [0, 0.1) is 5.82 Å². The molecule has 0 aliphatic carbocycles. The summed E-state index contributed by atoms with van der Waals surface area (Å²) in [4.78, 5) is 50.8. The quantitative estimate of drug-likeness (QED) is 0.480. The van der Waals surface area contributed by atoms with Crippen LogP contribution in [0.25, 0.3) is 0 Å². The first-order valence-corrected chi connectivity index (χ1v) is 10.6. The van der Waals surface area contributed by atoms with Gasteiger partial charge in [-0.1, -0.05) is 30.3 Å². The summed E-state index contributed by atoms with van der Waals surface area (Å²) >= 11 is 0. The van der Waals surface area contributed by atoms with Crippen LogP contribution >= 0.6 is 0 Å². The minimum absolute atomic E-state index is 0.148. The van der Waals surface area contributed by atoms with E-state index in [-0.39, 0.29) is 30.6 Å². The molecular weight excluding hydrogens is 429 g/mol. The van der Waals surface area contributed by atoms with Gasteiger partial charge in [-0.05, 0) is 30.7 Å². The van der Waals surface area contributed by atoms with Crippen LogP contribution in [0.1, 0.15) is 22.8 Å². The van der Waals surface area contributed by atoms with Crippen molar-refractivity contribution < 1.29 is 28.3 Å². The Bertz CT molecular complexity index is 1020. The summed E-state index contributed by atoms with van der Waals surface area (Å²) in [6.45, 7) is 2.15. The molecule has 9 heteroatoms. The van der Waals surface area contributed by atoms with Crippen LogP contribution in [0.2, 0.25) is 0 Å². The number of nitrogens with zero attached hydrogens (tertiary/aromatic N) is 2. The average Bonchev–Trinajstić information content (AvgIpc) is 2.82. The third kappa shape index (κ3) is 6.86. The lowest BCUT2D eigenvalue weighted by atomic mass is 10.1. The maximum atomic E-state index is 14.3. The van der Waals surface area contributed by atoms with Crippen LogP contribution < -0.4 is 10.2 Å². The maximum absolute atomic E-state index is 14.3. The lowest BCUT2D eigenvalue weighted by Crippen LogP contribution is -2.50. The molecule has 0 unspecified atom stereocenters. The third-order valence-electron chi connectivity index (χ3n) is 5.32. The molecule has 8 nitrogen and oxygen atoms in total. The highest BCUT2D eigenvalue weighted by molar-refractivity contribution is 5.94. The van der Waals surface area contributed by atoms with Crippen LogP contribution in [0.4, 0.5) is 10.1 Å². The van der Waals surface area contributed by atoms with Gasteiger partial charge >= 0.3 is 5.97 Å². The van der Waals surface area contributed by atoms with Crippen molar-refractivity contribution in [2.24, 2.45) is 0 Å². The third-order valence-corrected chi connectivity index (χ3v) is 5.32. The first-order valence-electron chi connectivity index (χ1n) is 10.6. The number of amides is 2. The number of nitrogens with one attached hydrogen (secondary N) is 1. The molecule has 33 heavy (non-hydrogen) atoms. The van der Waals surface area contributed by atoms with Crippen LogP contribution in [0.15, 0.2) is 48.5 Å². The topological polar surface area (TPSA) is 96.0 Å². The lowest BCUT2D eigenvalue weighted by Gasteiger charge is -2.36. The molecule has 1 N–H and O–H groups in total. The Hall–Kier alpha value is -3.75. The smallest absolute Gasteiger partial charge is 0.325 e. The van der Waals surface area contributed by atoms with E-state index in [9.17, 15) is 23.6 Å². The second kappa shape index (κ2) is 11.2. The van der Waals surface area contributed by atoms with Crippen molar-refractivity contribution in [3.63, 3.8) is 0 Å². The number of halogens is 1. The van der Waals surface area contributed by atoms with Crippen molar-refractivity contribution in [3.8, 4) is 0 Å². The highest BCUT2D eigenvalue weighted by Crippen LogP contribution is 2.22. The number of ketones is 1. The second-order valence-corrected chi connectivity index (χ2v) is 7.69. The van der Waals surface area contributed by atoms with E-state index >= 15 is 0 Å². The highest BCUT2D eigenvalue weighted by atomic mass is 19.1. The van der Waals surface area contributed by atoms with Gasteiger partial charge in [0.2, 0.25) is 5.91 Å². The molecule has 2 amide bonds. The number of hydrogen-bond acceptors (Lipinski definition) is 6. The number of ether oxygens (including phenoxy) is 1. The van der Waals surface area contributed by atoms with Crippen LogP contribution in [-0.4, -0.2) is 67.8 Å². The molecule has 1 saturated heterocycles. The normalized spacial score (nSPS) is 13.4. The van der Waals surface area contributed by atoms with E-state index in [2.05, 4.69) is 5.32 Å². The zero-order valence-corrected chi connectivity index (χ0v) is 18.4. The van der Waals surface area contributed by atoms with Gasteiger partial charge < -0.3 is 19.9 Å². The largest absolute Gasteiger partial charge is 0.454 e. The minimum Gasteiger partial charge on any atom is -0.454 e. The Morgan fingerprint density at radius 2 is 1.70 bits per heavy atom. The first kappa shape index (κ1) is 23.9. The summed E-state index contributed by atoms with van der Waals surface area (Å²) in [5, 5.41) is 2.47. The summed E-state index contributed by atoms with van der Waals surface area (Å²) in [5.74, 6) is -2.06. The number of hydrogen-bond donors (Lipinski definition) is 1. The zero-order chi connectivity index (χ0) is 23.8. The number of piperazine rings is 1. The van der Waals surface area contributed by atoms with Gasteiger partial charge in [-0.2, -0.15) is 0 Å². The van der Waals surface area contributed by atoms with Gasteiger partial charge in [0.15, 0.2) is 12.4 Å². The van der Waals surface area contributed by atoms with Crippen LogP contribution in [0.3, 0.4) is 0 Å². The summed E-state index contributed by atoms with van der Waals surface area (Å²) < 4.78 is 19.3. The molecule has 1 aliphatic heterocycles. The van der Waals surface area contributed by atoms with Crippen molar-refractivity contribution in [1.82, 2.24) is 10.2 Å². The summed E-state index contributed by atoms with van der Waals surface area (Å²) in [7, 11) is 0. The van der Waals surface area contributed by atoms with Crippen molar-refractivity contribution in [2.75, 3.05) is 44.2 Å². The minimum atomic E-state index is -0.698. The molecular formula is C24H26FN3O5. The molecule has 0 atom stereocenters. The Balaban J connectivity index is 1.38. The number of benzene rings is 2. The number of carbonyl (C=O) groups is 4. The zero-order valence-electron chi connectivity index (χ0n) is 18.4. The van der Waals surface area contributed by atoms with Crippen LogP contribution in [0.5, 0.6) is 0 Å². The Kier molecular flexibility index (Phi) is 8.12. The Morgan fingerprint density at radius 3 is 2.33 bits per heavy atom.